The van der Waals surface area contributed by atoms with Crippen molar-refractivity contribution in [2.24, 2.45) is 0 Å². The average molecular weight is 324 g/mol. The van der Waals surface area contributed by atoms with E-state index in [1.165, 1.54) is 0 Å². The number of hydrogen-bond acceptors (Lipinski definition) is 2. The van der Waals surface area contributed by atoms with Crippen LogP contribution in [-0.4, -0.2) is 24.4 Å². The molecule has 24 heavy (non-hydrogen) atoms. The van der Waals surface area contributed by atoms with Crippen LogP contribution in [0.15, 0.2) is 48.5 Å². The van der Waals surface area contributed by atoms with Gasteiger partial charge in [0, 0.05) is 23.7 Å². The highest BCUT2D eigenvalue weighted by Gasteiger charge is 2.08. The van der Waals surface area contributed by atoms with Crippen LogP contribution < -0.4 is 10.6 Å². The lowest BCUT2D eigenvalue weighted by Crippen LogP contribution is -2.30. The Hall–Kier alpha value is -2.62. The van der Waals surface area contributed by atoms with Gasteiger partial charge in [0.15, 0.2) is 0 Å². The van der Waals surface area contributed by atoms with Gasteiger partial charge in [0.05, 0.1) is 0 Å². The summed E-state index contributed by atoms with van der Waals surface area (Å²) >= 11 is 0. The van der Waals surface area contributed by atoms with Gasteiger partial charge in [-0.3, -0.25) is 9.59 Å². The number of amides is 2. The SMILES string of the molecule is Cc1ccc(C(=O)NCCc2cccc(C(=O)NC(C)C)c2)cc1. The number of carbonyl (C=O) groups is 2. The minimum absolute atomic E-state index is 0.0736. The fourth-order valence-electron chi connectivity index (χ4n) is 2.34. The molecule has 126 valence electrons. The molecule has 0 spiro atoms. The van der Waals surface area contributed by atoms with Crippen LogP contribution in [0, 0.1) is 6.92 Å². The summed E-state index contributed by atoms with van der Waals surface area (Å²) in [5, 5.41) is 5.79. The summed E-state index contributed by atoms with van der Waals surface area (Å²) < 4.78 is 0. The third-order valence-electron chi connectivity index (χ3n) is 3.62. The molecule has 0 fully saturated rings. The molecule has 0 saturated heterocycles. The van der Waals surface area contributed by atoms with E-state index in [4.69, 9.17) is 0 Å². The van der Waals surface area contributed by atoms with Gasteiger partial charge in [0.1, 0.15) is 0 Å². The maximum Gasteiger partial charge on any atom is 0.251 e. The lowest BCUT2D eigenvalue weighted by Gasteiger charge is -2.10. The van der Waals surface area contributed by atoms with Gasteiger partial charge in [0.2, 0.25) is 0 Å². The standard InChI is InChI=1S/C20H24N2O2/c1-14(2)22-20(24)18-6-4-5-16(13-18)11-12-21-19(23)17-9-7-15(3)8-10-17/h4-10,13-14H,11-12H2,1-3H3,(H,21,23)(H,22,24). The van der Waals surface area contributed by atoms with Crippen LogP contribution in [0.4, 0.5) is 0 Å². The molecule has 2 N–H and O–H groups in total. The zero-order chi connectivity index (χ0) is 17.5. The second-order valence-electron chi connectivity index (χ2n) is 6.20. The Bertz CT molecular complexity index is 706. The molecule has 4 heteroatoms. The summed E-state index contributed by atoms with van der Waals surface area (Å²) in [4.78, 5) is 24.1. The van der Waals surface area contributed by atoms with Crippen LogP contribution in [0.2, 0.25) is 0 Å². The minimum Gasteiger partial charge on any atom is -0.352 e. The van der Waals surface area contributed by atoms with Crippen LogP contribution in [-0.2, 0) is 6.42 Å². The van der Waals surface area contributed by atoms with Gasteiger partial charge in [-0.25, -0.2) is 0 Å². The molecule has 0 aromatic heterocycles. The number of hydrogen-bond donors (Lipinski definition) is 2. The molecule has 0 atom stereocenters. The predicted molar refractivity (Wildman–Crippen MR) is 96.3 cm³/mol. The van der Waals surface area contributed by atoms with Gasteiger partial charge in [0.25, 0.3) is 11.8 Å². The van der Waals surface area contributed by atoms with Crippen LogP contribution in [0.3, 0.4) is 0 Å². The number of nitrogens with one attached hydrogen (secondary N) is 2. The van der Waals surface area contributed by atoms with Crippen LogP contribution in [0.5, 0.6) is 0 Å². The van der Waals surface area contributed by atoms with Crippen molar-refractivity contribution >= 4 is 11.8 Å². The summed E-state index contributed by atoms with van der Waals surface area (Å²) in [5.74, 6) is -0.153. The Labute approximate surface area is 143 Å². The van der Waals surface area contributed by atoms with Crippen molar-refractivity contribution < 1.29 is 9.59 Å². The zero-order valence-electron chi connectivity index (χ0n) is 14.4. The predicted octanol–water partition coefficient (Wildman–Crippen LogP) is 3.11. The Kier molecular flexibility index (Phi) is 6.13. The molecule has 0 heterocycles. The molecule has 0 aliphatic carbocycles. The average Bonchev–Trinajstić information content (AvgIpc) is 2.55. The molecule has 0 aliphatic heterocycles. The van der Waals surface area contributed by atoms with E-state index in [0.717, 1.165) is 11.1 Å². The number of carbonyl (C=O) groups excluding carboxylic acids is 2. The molecule has 0 bridgehead atoms. The molecule has 2 amide bonds. The van der Waals surface area contributed by atoms with Crippen molar-refractivity contribution in [3.8, 4) is 0 Å². The lowest BCUT2D eigenvalue weighted by atomic mass is 10.1. The number of rotatable bonds is 6. The highest BCUT2D eigenvalue weighted by Crippen LogP contribution is 2.07. The normalized spacial score (nSPS) is 10.5. The van der Waals surface area contributed by atoms with Crippen molar-refractivity contribution in [3.05, 3.63) is 70.8 Å². The van der Waals surface area contributed by atoms with Gasteiger partial charge in [-0.05, 0) is 57.0 Å². The summed E-state index contributed by atoms with van der Waals surface area (Å²) in [6.45, 7) is 6.39. The quantitative estimate of drug-likeness (QED) is 0.858. The van der Waals surface area contributed by atoms with E-state index in [2.05, 4.69) is 10.6 Å². The second kappa shape index (κ2) is 8.29. The van der Waals surface area contributed by atoms with E-state index in [1.807, 2.05) is 63.2 Å². The van der Waals surface area contributed by atoms with E-state index in [9.17, 15) is 9.59 Å². The summed E-state index contributed by atoms with van der Waals surface area (Å²) in [5.41, 5.74) is 3.45. The molecule has 0 unspecified atom stereocenters. The first kappa shape index (κ1) is 17.7. The largest absolute Gasteiger partial charge is 0.352 e. The van der Waals surface area contributed by atoms with Crippen LogP contribution in [0.1, 0.15) is 45.7 Å². The summed E-state index contributed by atoms with van der Waals surface area (Å²) in [6.07, 6.45) is 0.681. The molecule has 4 nitrogen and oxygen atoms in total. The van der Waals surface area contributed by atoms with Crippen molar-refractivity contribution in [1.29, 1.82) is 0 Å². The van der Waals surface area contributed by atoms with E-state index >= 15 is 0 Å². The van der Waals surface area contributed by atoms with Crippen molar-refractivity contribution in [2.45, 2.75) is 33.2 Å². The Morgan fingerprint density at radius 3 is 2.33 bits per heavy atom. The smallest absolute Gasteiger partial charge is 0.251 e. The highest BCUT2D eigenvalue weighted by atomic mass is 16.2. The summed E-state index contributed by atoms with van der Waals surface area (Å²) in [7, 11) is 0. The van der Waals surface area contributed by atoms with Crippen LogP contribution >= 0.6 is 0 Å². The van der Waals surface area contributed by atoms with E-state index in [-0.39, 0.29) is 17.9 Å². The first-order chi connectivity index (χ1) is 11.5. The van der Waals surface area contributed by atoms with Crippen molar-refractivity contribution in [3.63, 3.8) is 0 Å². The maximum atomic E-state index is 12.1. The Morgan fingerprint density at radius 1 is 0.958 bits per heavy atom. The molecule has 0 saturated carbocycles. The Morgan fingerprint density at radius 2 is 1.67 bits per heavy atom. The third-order valence-corrected chi connectivity index (χ3v) is 3.62. The second-order valence-corrected chi connectivity index (χ2v) is 6.20. The highest BCUT2D eigenvalue weighted by molar-refractivity contribution is 5.95. The van der Waals surface area contributed by atoms with Gasteiger partial charge in [-0.15, -0.1) is 0 Å². The molecule has 2 aromatic carbocycles. The van der Waals surface area contributed by atoms with E-state index < -0.39 is 0 Å². The van der Waals surface area contributed by atoms with E-state index in [0.29, 0.717) is 24.1 Å². The monoisotopic (exact) mass is 324 g/mol. The molecule has 0 radical (unpaired) electrons. The molecular formula is C20H24N2O2. The molecule has 2 rings (SSSR count). The Balaban J connectivity index is 1.89. The maximum absolute atomic E-state index is 12.1. The van der Waals surface area contributed by atoms with Crippen LogP contribution in [0.25, 0.3) is 0 Å². The van der Waals surface area contributed by atoms with Gasteiger partial charge >= 0.3 is 0 Å². The molecule has 2 aromatic rings. The first-order valence-electron chi connectivity index (χ1n) is 8.20. The fraction of sp³-hybridized carbons (Fsp3) is 0.300. The number of aryl methyl sites for hydroxylation is 1. The first-order valence-corrected chi connectivity index (χ1v) is 8.20. The summed E-state index contributed by atoms with van der Waals surface area (Å²) in [6, 6.07) is 15.1. The fourth-order valence-corrected chi connectivity index (χ4v) is 2.34. The van der Waals surface area contributed by atoms with Crippen molar-refractivity contribution in [2.75, 3.05) is 6.54 Å². The zero-order valence-corrected chi connectivity index (χ0v) is 14.4. The lowest BCUT2D eigenvalue weighted by molar-refractivity contribution is 0.0937. The molecular weight excluding hydrogens is 300 g/mol. The van der Waals surface area contributed by atoms with Gasteiger partial charge in [-0.1, -0.05) is 29.8 Å². The number of benzene rings is 2. The molecule has 0 aliphatic rings. The minimum atomic E-state index is -0.0799. The van der Waals surface area contributed by atoms with Gasteiger partial charge in [-0.2, -0.15) is 0 Å². The van der Waals surface area contributed by atoms with Gasteiger partial charge < -0.3 is 10.6 Å². The van der Waals surface area contributed by atoms with E-state index in [1.54, 1.807) is 6.07 Å². The third kappa shape index (κ3) is 5.23. The topological polar surface area (TPSA) is 58.2 Å². The van der Waals surface area contributed by atoms with Crippen molar-refractivity contribution in [1.82, 2.24) is 10.6 Å².